The van der Waals surface area contributed by atoms with Crippen molar-refractivity contribution in [2.75, 3.05) is 25.6 Å². The molecule has 6 nitrogen and oxygen atoms in total. The number of hydrogen-bond acceptors (Lipinski definition) is 6. The molecule has 2 aromatic carbocycles. The molecule has 1 saturated heterocycles. The SMILES string of the molecule is CCN1C(=O)/C(=C/c2cc(I)c(OCC(=O)Nc3ccccc3Cl)c(OC)c2)SC1=S. The molecule has 1 aliphatic rings. The number of carbonyl (C=O) groups is 2. The number of methoxy groups -OCH3 is 1. The van der Waals surface area contributed by atoms with Crippen LogP contribution >= 0.6 is 58.2 Å². The first-order valence-corrected chi connectivity index (χ1v) is 11.8. The summed E-state index contributed by atoms with van der Waals surface area (Å²) in [7, 11) is 1.52. The Balaban J connectivity index is 1.75. The minimum Gasteiger partial charge on any atom is -0.493 e. The molecule has 1 heterocycles. The molecule has 0 saturated carbocycles. The lowest BCUT2D eigenvalue weighted by atomic mass is 10.2. The Kier molecular flexibility index (Phi) is 8.20. The number of para-hydroxylation sites is 1. The molecule has 0 aromatic heterocycles. The number of anilines is 1. The van der Waals surface area contributed by atoms with Gasteiger partial charge in [-0.25, -0.2) is 0 Å². The normalized spacial score (nSPS) is 14.8. The van der Waals surface area contributed by atoms with Crippen LogP contribution in [0.5, 0.6) is 11.5 Å². The van der Waals surface area contributed by atoms with Crippen molar-refractivity contribution in [2.24, 2.45) is 0 Å². The number of nitrogens with one attached hydrogen (secondary N) is 1. The lowest BCUT2D eigenvalue weighted by molar-refractivity contribution is -0.122. The third-order valence-electron chi connectivity index (χ3n) is 4.23. The van der Waals surface area contributed by atoms with Crippen LogP contribution in [0, 0.1) is 3.57 Å². The second kappa shape index (κ2) is 10.7. The van der Waals surface area contributed by atoms with Crippen LogP contribution in [-0.4, -0.2) is 41.3 Å². The second-order valence-electron chi connectivity index (χ2n) is 6.28. The number of rotatable bonds is 7. The van der Waals surface area contributed by atoms with Gasteiger partial charge in [-0.15, -0.1) is 0 Å². The van der Waals surface area contributed by atoms with Crippen molar-refractivity contribution < 1.29 is 19.1 Å². The van der Waals surface area contributed by atoms with Crippen molar-refractivity contribution in [2.45, 2.75) is 6.92 Å². The minimum absolute atomic E-state index is 0.108. The topological polar surface area (TPSA) is 67.9 Å². The Hall–Kier alpha value is -1.82. The molecular formula is C21H18ClIN2O4S2. The number of amides is 2. The zero-order valence-electron chi connectivity index (χ0n) is 16.6. The molecule has 0 radical (unpaired) electrons. The Morgan fingerprint density at radius 1 is 1.35 bits per heavy atom. The molecule has 162 valence electrons. The van der Waals surface area contributed by atoms with Crippen LogP contribution in [0.2, 0.25) is 5.02 Å². The van der Waals surface area contributed by atoms with Crippen LogP contribution in [0.15, 0.2) is 41.3 Å². The van der Waals surface area contributed by atoms with E-state index in [1.54, 1.807) is 41.3 Å². The molecule has 10 heteroatoms. The van der Waals surface area contributed by atoms with Crippen molar-refractivity contribution in [3.8, 4) is 11.5 Å². The van der Waals surface area contributed by atoms with Crippen LogP contribution in [-0.2, 0) is 9.59 Å². The Morgan fingerprint density at radius 2 is 2.10 bits per heavy atom. The second-order valence-corrected chi connectivity index (χ2v) is 9.52. The third kappa shape index (κ3) is 5.71. The average Bonchev–Trinajstić information content (AvgIpc) is 3.00. The van der Waals surface area contributed by atoms with E-state index in [2.05, 4.69) is 27.9 Å². The molecule has 0 atom stereocenters. The molecule has 0 aliphatic carbocycles. The average molecular weight is 589 g/mol. The largest absolute Gasteiger partial charge is 0.493 e. The number of halogens is 2. The van der Waals surface area contributed by atoms with Crippen molar-refractivity contribution in [1.29, 1.82) is 0 Å². The molecule has 2 aromatic rings. The van der Waals surface area contributed by atoms with Gasteiger partial charge in [-0.3, -0.25) is 14.5 Å². The molecule has 1 N–H and O–H groups in total. The molecule has 0 bridgehead atoms. The highest BCUT2D eigenvalue weighted by Gasteiger charge is 2.30. The maximum absolute atomic E-state index is 12.4. The van der Waals surface area contributed by atoms with Gasteiger partial charge in [-0.05, 0) is 65.4 Å². The van der Waals surface area contributed by atoms with Gasteiger partial charge in [-0.2, -0.15) is 0 Å². The van der Waals surface area contributed by atoms with Gasteiger partial charge in [0.25, 0.3) is 11.8 Å². The summed E-state index contributed by atoms with van der Waals surface area (Å²) in [5.74, 6) is 0.437. The fourth-order valence-corrected chi connectivity index (χ4v) is 5.12. The molecule has 3 rings (SSSR count). The van der Waals surface area contributed by atoms with Gasteiger partial charge in [0, 0.05) is 6.54 Å². The molecule has 2 amide bonds. The van der Waals surface area contributed by atoms with E-state index in [-0.39, 0.29) is 18.4 Å². The van der Waals surface area contributed by atoms with Crippen LogP contribution in [0.25, 0.3) is 6.08 Å². The molecule has 0 unspecified atom stereocenters. The summed E-state index contributed by atoms with van der Waals surface area (Å²) in [5.41, 5.74) is 1.28. The summed E-state index contributed by atoms with van der Waals surface area (Å²) in [5, 5.41) is 3.16. The number of thiocarbonyl (C=S) groups is 1. The summed E-state index contributed by atoms with van der Waals surface area (Å²) >= 11 is 14.7. The van der Waals surface area contributed by atoms with Crippen molar-refractivity contribution in [3.63, 3.8) is 0 Å². The molecule has 1 fully saturated rings. The van der Waals surface area contributed by atoms with Gasteiger partial charge in [0.1, 0.15) is 4.32 Å². The van der Waals surface area contributed by atoms with E-state index in [0.717, 1.165) is 9.13 Å². The first kappa shape index (κ1) is 23.8. The number of nitrogens with zero attached hydrogens (tertiary/aromatic N) is 1. The highest BCUT2D eigenvalue weighted by molar-refractivity contribution is 14.1. The first-order chi connectivity index (χ1) is 14.8. The number of ether oxygens (including phenoxy) is 2. The van der Waals surface area contributed by atoms with Gasteiger partial charge < -0.3 is 14.8 Å². The molecule has 31 heavy (non-hydrogen) atoms. The Morgan fingerprint density at radius 3 is 2.74 bits per heavy atom. The molecule has 0 spiro atoms. The van der Waals surface area contributed by atoms with Gasteiger partial charge >= 0.3 is 0 Å². The van der Waals surface area contributed by atoms with Crippen LogP contribution in [0.3, 0.4) is 0 Å². The van der Waals surface area contributed by atoms with Crippen LogP contribution in [0.1, 0.15) is 12.5 Å². The Labute approximate surface area is 208 Å². The lowest BCUT2D eigenvalue weighted by Crippen LogP contribution is -2.27. The highest BCUT2D eigenvalue weighted by Crippen LogP contribution is 2.37. The Bertz CT molecular complexity index is 1080. The predicted molar refractivity (Wildman–Crippen MR) is 137 cm³/mol. The van der Waals surface area contributed by atoms with Crippen molar-refractivity contribution >= 4 is 86.1 Å². The maximum Gasteiger partial charge on any atom is 0.266 e. The number of hydrogen-bond donors (Lipinski definition) is 1. The van der Waals surface area contributed by atoms with Crippen LogP contribution in [0.4, 0.5) is 5.69 Å². The van der Waals surface area contributed by atoms with Crippen molar-refractivity contribution in [1.82, 2.24) is 4.90 Å². The van der Waals surface area contributed by atoms with Crippen molar-refractivity contribution in [3.05, 3.63) is 55.5 Å². The summed E-state index contributed by atoms with van der Waals surface area (Å²) in [6.07, 6.45) is 1.77. The van der Waals surface area contributed by atoms with Gasteiger partial charge in [0.15, 0.2) is 18.1 Å². The van der Waals surface area contributed by atoms with E-state index < -0.39 is 0 Å². The van der Waals surface area contributed by atoms with E-state index in [0.29, 0.717) is 38.0 Å². The standard InChI is InChI=1S/C21H18ClIN2O4S2/c1-3-25-20(27)17(31-21(25)30)10-12-8-14(23)19(16(9-12)28-2)29-11-18(26)24-15-7-5-4-6-13(15)22/h4-10H,3,11H2,1-2H3,(H,24,26)/b17-10-. The number of thioether (sulfide) groups is 1. The summed E-state index contributed by atoms with van der Waals surface area (Å²) in [6.45, 7) is 2.20. The van der Waals surface area contributed by atoms with E-state index in [9.17, 15) is 9.59 Å². The zero-order chi connectivity index (χ0) is 22.5. The monoisotopic (exact) mass is 588 g/mol. The number of likely N-dealkylation sites (N-methyl/N-ethyl adjacent to an activating group) is 1. The lowest BCUT2D eigenvalue weighted by Gasteiger charge is -2.14. The zero-order valence-corrected chi connectivity index (χ0v) is 21.2. The summed E-state index contributed by atoms with van der Waals surface area (Å²) in [4.78, 5) is 26.8. The van der Waals surface area contributed by atoms with E-state index in [1.165, 1.54) is 18.9 Å². The van der Waals surface area contributed by atoms with Gasteiger partial charge in [-0.1, -0.05) is 47.7 Å². The molecular weight excluding hydrogens is 571 g/mol. The maximum atomic E-state index is 12.4. The first-order valence-electron chi connectivity index (χ1n) is 9.14. The summed E-state index contributed by atoms with van der Waals surface area (Å²) in [6, 6.07) is 10.6. The molecule has 1 aliphatic heterocycles. The van der Waals surface area contributed by atoms with E-state index in [4.69, 9.17) is 33.3 Å². The third-order valence-corrected chi connectivity index (χ3v) is 6.74. The van der Waals surface area contributed by atoms with E-state index in [1.807, 2.05) is 13.0 Å². The minimum atomic E-state index is -0.349. The smallest absolute Gasteiger partial charge is 0.266 e. The predicted octanol–water partition coefficient (Wildman–Crippen LogP) is 5.19. The van der Waals surface area contributed by atoms with Gasteiger partial charge in [0.05, 0.1) is 26.3 Å². The summed E-state index contributed by atoms with van der Waals surface area (Å²) < 4.78 is 12.5. The van der Waals surface area contributed by atoms with Gasteiger partial charge in [0.2, 0.25) is 0 Å². The van der Waals surface area contributed by atoms with Crippen LogP contribution < -0.4 is 14.8 Å². The number of carbonyl (C=O) groups excluding carboxylic acids is 2. The highest BCUT2D eigenvalue weighted by atomic mass is 127. The fourth-order valence-electron chi connectivity index (χ4n) is 2.77. The van der Waals surface area contributed by atoms with E-state index >= 15 is 0 Å². The quantitative estimate of drug-likeness (QED) is 0.273. The fraction of sp³-hybridized carbons (Fsp3) is 0.190. The number of benzene rings is 2.